The van der Waals surface area contributed by atoms with E-state index in [1.807, 2.05) is 0 Å². The van der Waals surface area contributed by atoms with Crippen LogP contribution in [-0.4, -0.2) is 86.9 Å². The lowest BCUT2D eigenvalue weighted by Gasteiger charge is -2.25. The highest BCUT2D eigenvalue weighted by atomic mass is 32.1. The van der Waals surface area contributed by atoms with Gasteiger partial charge >= 0.3 is 11.9 Å². The quantitative estimate of drug-likeness (QED) is 0.104. The number of rotatable bonds is 15. The van der Waals surface area contributed by atoms with Gasteiger partial charge in [-0.15, -0.1) is 0 Å². The third-order valence-corrected chi connectivity index (χ3v) is 4.58. The van der Waals surface area contributed by atoms with Crippen molar-refractivity contribution >= 4 is 48.2 Å². The zero-order chi connectivity index (χ0) is 25.0. The summed E-state index contributed by atoms with van der Waals surface area (Å²) in [6.07, 6.45) is -2.79. The summed E-state index contributed by atoms with van der Waals surface area (Å²) in [5.74, 6) is -6.59. The van der Waals surface area contributed by atoms with Crippen LogP contribution >= 0.6 is 12.6 Å². The van der Waals surface area contributed by atoms with Gasteiger partial charge in [-0.1, -0.05) is 0 Å². The van der Waals surface area contributed by atoms with E-state index in [2.05, 4.69) is 28.6 Å². The van der Waals surface area contributed by atoms with Gasteiger partial charge in [-0.3, -0.25) is 24.0 Å². The van der Waals surface area contributed by atoms with Gasteiger partial charge in [0.15, 0.2) is 0 Å². The molecule has 32 heavy (non-hydrogen) atoms. The molecule has 0 aliphatic rings. The topological polar surface area (TPSA) is 251 Å². The van der Waals surface area contributed by atoms with E-state index < -0.39 is 78.7 Å². The third-order valence-electron chi connectivity index (χ3n) is 4.21. The van der Waals surface area contributed by atoms with Crippen LogP contribution in [0.1, 0.15) is 32.6 Å². The molecule has 5 atom stereocenters. The molecule has 0 spiro atoms. The number of nitrogens with two attached hydrogens (primary N) is 2. The van der Waals surface area contributed by atoms with E-state index in [4.69, 9.17) is 21.7 Å². The lowest BCUT2D eigenvalue weighted by atomic mass is 10.1. The Bertz CT molecular complexity index is 719. The predicted octanol–water partition coefficient (Wildman–Crippen LogP) is -3.71. The van der Waals surface area contributed by atoms with Crippen LogP contribution in [0.5, 0.6) is 0 Å². The molecule has 15 heteroatoms. The number of aliphatic hydroxyl groups is 1. The Hall–Kier alpha value is -2.91. The van der Waals surface area contributed by atoms with Crippen molar-refractivity contribution in [1.82, 2.24) is 16.0 Å². The minimum atomic E-state index is -1.47. The van der Waals surface area contributed by atoms with Gasteiger partial charge in [-0.05, 0) is 19.8 Å². The van der Waals surface area contributed by atoms with E-state index in [-0.39, 0.29) is 18.6 Å². The maximum atomic E-state index is 12.7. The largest absolute Gasteiger partial charge is 0.481 e. The number of thiol groups is 1. The second-order valence-corrected chi connectivity index (χ2v) is 7.27. The molecule has 10 N–H and O–H groups in total. The number of aliphatic hydroxyl groups excluding tert-OH is 1. The Kier molecular flexibility index (Phi) is 12.9. The van der Waals surface area contributed by atoms with Crippen LogP contribution in [0.4, 0.5) is 0 Å². The second-order valence-electron chi connectivity index (χ2n) is 6.91. The Morgan fingerprint density at radius 1 is 0.844 bits per heavy atom. The molecule has 0 saturated heterocycles. The van der Waals surface area contributed by atoms with Gasteiger partial charge in [-0.2, -0.15) is 12.6 Å². The van der Waals surface area contributed by atoms with Crippen molar-refractivity contribution < 1.29 is 44.1 Å². The number of carboxylic acids is 2. The first kappa shape index (κ1) is 29.1. The molecule has 0 radical (unpaired) electrons. The summed E-state index contributed by atoms with van der Waals surface area (Å²) < 4.78 is 0. The number of hydrogen-bond acceptors (Lipinski definition) is 9. The van der Waals surface area contributed by atoms with Gasteiger partial charge in [0.05, 0.1) is 6.10 Å². The standard InChI is InChI=1S/C17H29N5O9S/c1-7(23)13(19)16(29)21-8(2-4-11(18)24)14(27)20-9(3-5-12(25)26)15(28)22-10(6-32)17(30)31/h7-10,13,23,32H,2-6,19H2,1H3,(H2,18,24)(H,20,27)(H,21,29)(H,22,28)(H,25,26)(H,30,31). The fourth-order valence-electron chi connectivity index (χ4n) is 2.31. The fraction of sp³-hybridized carbons (Fsp3) is 0.647. The van der Waals surface area contributed by atoms with Crippen molar-refractivity contribution in [2.24, 2.45) is 11.5 Å². The van der Waals surface area contributed by atoms with Gasteiger partial charge < -0.3 is 42.7 Å². The molecule has 14 nitrogen and oxygen atoms in total. The van der Waals surface area contributed by atoms with Gasteiger partial charge in [0.25, 0.3) is 0 Å². The maximum Gasteiger partial charge on any atom is 0.327 e. The predicted molar refractivity (Wildman–Crippen MR) is 112 cm³/mol. The zero-order valence-electron chi connectivity index (χ0n) is 17.3. The van der Waals surface area contributed by atoms with Crippen molar-refractivity contribution in [2.45, 2.75) is 62.9 Å². The van der Waals surface area contributed by atoms with Crippen molar-refractivity contribution in [3.8, 4) is 0 Å². The van der Waals surface area contributed by atoms with Gasteiger partial charge in [0.2, 0.25) is 23.6 Å². The first-order chi connectivity index (χ1) is 14.8. The highest BCUT2D eigenvalue weighted by Crippen LogP contribution is 2.05. The molecule has 0 fully saturated rings. The molecule has 0 saturated carbocycles. The van der Waals surface area contributed by atoms with Crippen LogP contribution in [0.3, 0.4) is 0 Å². The molecular weight excluding hydrogens is 450 g/mol. The molecule has 0 aliphatic carbocycles. The molecule has 0 aromatic carbocycles. The Morgan fingerprint density at radius 3 is 1.66 bits per heavy atom. The molecule has 0 aliphatic heterocycles. The number of aliphatic carboxylic acids is 2. The van der Waals surface area contributed by atoms with Crippen LogP contribution in [0.25, 0.3) is 0 Å². The second kappa shape index (κ2) is 14.2. The van der Waals surface area contributed by atoms with Crippen molar-refractivity contribution in [1.29, 1.82) is 0 Å². The number of carboxylic acid groups (broad SMARTS) is 2. The van der Waals surface area contributed by atoms with Crippen molar-refractivity contribution in [3.05, 3.63) is 0 Å². The summed E-state index contributed by atoms with van der Waals surface area (Å²) in [4.78, 5) is 70.4. The molecule has 0 aromatic heterocycles. The lowest BCUT2D eigenvalue weighted by molar-refractivity contribution is -0.142. The highest BCUT2D eigenvalue weighted by molar-refractivity contribution is 7.80. The third kappa shape index (κ3) is 10.9. The molecular formula is C17H29N5O9S. The van der Waals surface area contributed by atoms with Gasteiger partial charge in [-0.25, -0.2) is 4.79 Å². The maximum absolute atomic E-state index is 12.7. The molecule has 4 amide bonds. The normalized spacial score (nSPS) is 15.4. The number of primary amides is 1. The van der Waals surface area contributed by atoms with Crippen LogP contribution in [0, 0.1) is 0 Å². The zero-order valence-corrected chi connectivity index (χ0v) is 18.2. The Balaban J connectivity index is 5.55. The number of hydrogen-bond donors (Lipinski definition) is 9. The fourth-order valence-corrected chi connectivity index (χ4v) is 2.56. The van der Waals surface area contributed by atoms with Crippen molar-refractivity contribution in [2.75, 3.05) is 5.75 Å². The average molecular weight is 480 g/mol. The Labute approximate surface area is 188 Å². The van der Waals surface area contributed by atoms with Gasteiger partial charge in [0.1, 0.15) is 24.2 Å². The lowest BCUT2D eigenvalue weighted by Crippen LogP contribution is -2.58. The Morgan fingerprint density at radius 2 is 1.28 bits per heavy atom. The van der Waals surface area contributed by atoms with Crippen LogP contribution < -0.4 is 27.4 Å². The number of nitrogens with one attached hydrogen (secondary N) is 3. The van der Waals surface area contributed by atoms with Gasteiger partial charge in [0, 0.05) is 18.6 Å². The minimum absolute atomic E-state index is 0.269. The smallest absolute Gasteiger partial charge is 0.327 e. The summed E-state index contributed by atoms with van der Waals surface area (Å²) >= 11 is 3.80. The first-order valence-corrected chi connectivity index (χ1v) is 10.1. The minimum Gasteiger partial charge on any atom is -0.481 e. The van der Waals surface area contributed by atoms with E-state index in [1.54, 1.807) is 0 Å². The van der Waals surface area contributed by atoms with E-state index in [1.165, 1.54) is 6.92 Å². The van der Waals surface area contributed by atoms with Crippen LogP contribution in [0.2, 0.25) is 0 Å². The molecule has 0 rings (SSSR count). The van der Waals surface area contributed by atoms with E-state index in [9.17, 15) is 33.9 Å². The average Bonchev–Trinajstić information content (AvgIpc) is 2.70. The number of carbonyl (C=O) groups is 6. The number of amides is 4. The molecule has 182 valence electrons. The summed E-state index contributed by atoms with van der Waals surface area (Å²) in [7, 11) is 0. The first-order valence-electron chi connectivity index (χ1n) is 9.48. The SMILES string of the molecule is CC(O)C(N)C(=O)NC(CCC(N)=O)C(=O)NC(CCC(=O)O)C(=O)NC(CS)C(=O)O. The highest BCUT2D eigenvalue weighted by Gasteiger charge is 2.31. The van der Waals surface area contributed by atoms with Crippen molar-refractivity contribution in [3.63, 3.8) is 0 Å². The van der Waals surface area contributed by atoms with Crippen LogP contribution in [-0.2, 0) is 28.8 Å². The summed E-state index contributed by atoms with van der Waals surface area (Å²) in [5.41, 5.74) is 10.6. The molecule has 0 bridgehead atoms. The van der Waals surface area contributed by atoms with E-state index >= 15 is 0 Å². The summed E-state index contributed by atoms with van der Waals surface area (Å²) in [5, 5.41) is 33.9. The molecule has 0 heterocycles. The molecule has 5 unspecified atom stereocenters. The number of carbonyl (C=O) groups excluding carboxylic acids is 4. The summed E-state index contributed by atoms with van der Waals surface area (Å²) in [6, 6.07) is -5.67. The molecule has 0 aromatic rings. The van der Waals surface area contributed by atoms with E-state index in [0.717, 1.165) is 0 Å². The summed E-state index contributed by atoms with van der Waals surface area (Å²) in [6.45, 7) is 1.25. The van der Waals surface area contributed by atoms with E-state index in [0.29, 0.717) is 0 Å². The van der Waals surface area contributed by atoms with Crippen LogP contribution in [0.15, 0.2) is 0 Å². The monoisotopic (exact) mass is 479 g/mol.